The van der Waals surface area contributed by atoms with E-state index in [0.29, 0.717) is 0 Å². The van der Waals surface area contributed by atoms with Crippen molar-refractivity contribution in [1.29, 1.82) is 0 Å². The van der Waals surface area contributed by atoms with Gasteiger partial charge in [-0.15, -0.1) is 0 Å². The molecule has 1 amide bonds. The number of H-pyrrole nitrogens is 1. The minimum atomic E-state index is -0.628. The first-order valence-corrected chi connectivity index (χ1v) is 4.30. The number of amides is 1. The van der Waals surface area contributed by atoms with Gasteiger partial charge >= 0.3 is 5.91 Å². The van der Waals surface area contributed by atoms with Crippen molar-refractivity contribution in [2.45, 2.75) is 6.54 Å². The molecule has 1 aromatic rings. The highest BCUT2D eigenvalue weighted by Crippen LogP contribution is 2.31. The van der Waals surface area contributed by atoms with Crippen molar-refractivity contribution in [1.82, 2.24) is 15.3 Å². The maximum Gasteiger partial charge on any atom is 0.310 e. The number of nitrogens with zero attached hydrogens (tertiary/aromatic N) is 2. The number of aromatic nitrogens is 2. The number of carbonyl (C=O) groups is 1. The van der Waals surface area contributed by atoms with Crippen LogP contribution in [0, 0.1) is 5.21 Å². The summed E-state index contributed by atoms with van der Waals surface area (Å²) >= 11 is 0. The Morgan fingerprint density at radius 3 is 3.29 bits per heavy atom. The topological polar surface area (TPSA) is 80.8 Å². The van der Waals surface area contributed by atoms with E-state index in [4.69, 9.17) is 0 Å². The van der Waals surface area contributed by atoms with Gasteiger partial charge < -0.3 is 14.8 Å². The van der Waals surface area contributed by atoms with E-state index in [1.807, 2.05) is 0 Å². The fourth-order valence-corrected chi connectivity index (χ4v) is 1.85. The largest absolute Gasteiger partial charge is 0.626 e. The number of rotatable bonds is 0. The minimum Gasteiger partial charge on any atom is -0.626 e. The molecule has 2 aliphatic rings. The van der Waals surface area contributed by atoms with Crippen LogP contribution in [0.5, 0.6) is 0 Å². The zero-order chi connectivity index (χ0) is 9.76. The van der Waals surface area contributed by atoms with Gasteiger partial charge in [-0.3, -0.25) is 10.1 Å². The van der Waals surface area contributed by atoms with Gasteiger partial charge in [0.15, 0.2) is 6.67 Å². The van der Waals surface area contributed by atoms with Gasteiger partial charge in [-0.1, -0.05) is 0 Å². The fraction of sp³-hybridized carbons (Fsp3) is 0.250. The van der Waals surface area contributed by atoms with E-state index < -0.39 is 4.65 Å². The van der Waals surface area contributed by atoms with Crippen LogP contribution in [0.25, 0.3) is 6.08 Å². The molecule has 0 saturated carbocycles. The van der Waals surface area contributed by atoms with Crippen molar-refractivity contribution in [2.75, 3.05) is 6.67 Å². The van der Waals surface area contributed by atoms with Crippen LogP contribution in [0.15, 0.2) is 12.0 Å². The van der Waals surface area contributed by atoms with Crippen molar-refractivity contribution in [3.63, 3.8) is 0 Å². The van der Waals surface area contributed by atoms with Crippen molar-refractivity contribution >= 4 is 12.0 Å². The lowest BCUT2D eigenvalue weighted by Crippen LogP contribution is -2.40. The second-order valence-electron chi connectivity index (χ2n) is 3.50. The van der Waals surface area contributed by atoms with Crippen LogP contribution in [0.2, 0.25) is 0 Å². The number of fused-ring (bicyclic) bond motifs is 2. The number of nitrogens with one attached hydrogen (secondary N) is 2. The smallest absolute Gasteiger partial charge is 0.310 e. The van der Waals surface area contributed by atoms with Gasteiger partial charge in [-0.05, 0) is 0 Å². The molecule has 0 radical (unpaired) electrons. The predicted octanol–water partition coefficient (Wildman–Crippen LogP) is -0.334. The summed E-state index contributed by atoms with van der Waals surface area (Å²) in [5.41, 5.74) is 1.75. The third-order valence-electron chi connectivity index (χ3n) is 2.60. The van der Waals surface area contributed by atoms with E-state index in [2.05, 4.69) is 15.3 Å². The Morgan fingerprint density at radius 2 is 2.43 bits per heavy atom. The molecule has 2 aliphatic heterocycles. The van der Waals surface area contributed by atoms with Gasteiger partial charge in [0.25, 0.3) is 0 Å². The molecule has 3 rings (SSSR count). The standard InChI is InChI=1S/C8H8N4O2/c13-8-7-1-5-6(10-3-9-5)2-12(7,14)4-11-8/h1,3H,2,4H2,(H,9,10)(H,11,13). The summed E-state index contributed by atoms with van der Waals surface area (Å²) in [5, 5.41) is 14.6. The number of hydrogen-bond donors (Lipinski definition) is 2. The Labute approximate surface area is 79.4 Å². The number of hydrogen-bond acceptors (Lipinski definition) is 3. The molecule has 1 fully saturated rings. The van der Waals surface area contributed by atoms with Crippen molar-refractivity contribution in [3.05, 3.63) is 28.6 Å². The first-order valence-electron chi connectivity index (χ1n) is 4.30. The normalized spacial score (nSPS) is 29.2. The quantitative estimate of drug-likeness (QED) is 0.436. The zero-order valence-electron chi connectivity index (χ0n) is 7.28. The van der Waals surface area contributed by atoms with Crippen LogP contribution in [0.4, 0.5) is 0 Å². The van der Waals surface area contributed by atoms with E-state index in [0.717, 1.165) is 11.4 Å². The molecular weight excluding hydrogens is 184 g/mol. The molecule has 0 spiro atoms. The summed E-state index contributed by atoms with van der Waals surface area (Å²) in [7, 11) is 0. The lowest BCUT2D eigenvalue weighted by molar-refractivity contribution is -0.846. The van der Waals surface area contributed by atoms with E-state index in [1.165, 1.54) is 6.33 Å². The van der Waals surface area contributed by atoms with Crippen LogP contribution >= 0.6 is 0 Å². The van der Waals surface area contributed by atoms with Gasteiger partial charge in [0.2, 0.25) is 5.70 Å². The molecular formula is C8H8N4O2. The Hall–Kier alpha value is -1.66. The molecule has 6 heteroatoms. The molecule has 72 valence electrons. The minimum absolute atomic E-state index is 0.108. The summed E-state index contributed by atoms with van der Waals surface area (Å²) < 4.78 is -0.628. The van der Waals surface area contributed by atoms with Crippen molar-refractivity contribution < 1.29 is 9.44 Å². The SMILES string of the molecule is O=C1NC[N+]2([O-])Cc3nc[nH]c3C=C12. The number of aromatic amines is 1. The van der Waals surface area contributed by atoms with E-state index in [1.54, 1.807) is 6.08 Å². The molecule has 1 atom stereocenters. The lowest BCUT2D eigenvalue weighted by Gasteiger charge is -2.37. The Kier molecular flexibility index (Phi) is 1.23. The Balaban J connectivity index is 2.19. The molecule has 1 saturated heterocycles. The molecule has 0 bridgehead atoms. The maximum atomic E-state index is 12.1. The number of quaternary nitrogens is 1. The second kappa shape index (κ2) is 2.23. The third-order valence-corrected chi connectivity index (χ3v) is 2.60. The van der Waals surface area contributed by atoms with Crippen molar-refractivity contribution in [2.24, 2.45) is 0 Å². The Morgan fingerprint density at radius 1 is 1.57 bits per heavy atom. The van der Waals surface area contributed by atoms with Crippen LogP contribution in [0.3, 0.4) is 0 Å². The predicted molar refractivity (Wildman–Crippen MR) is 46.9 cm³/mol. The van der Waals surface area contributed by atoms with E-state index in [-0.39, 0.29) is 24.8 Å². The number of hydroxylamine groups is 3. The monoisotopic (exact) mass is 192 g/mol. The van der Waals surface area contributed by atoms with Gasteiger partial charge in [0.05, 0.1) is 12.0 Å². The summed E-state index contributed by atoms with van der Waals surface area (Å²) in [4.78, 5) is 18.2. The average molecular weight is 192 g/mol. The molecule has 14 heavy (non-hydrogen) atoms. The van der Waals surface area contributed by atoms with Crippen LogP contribution in [0.1, 0.15) is 11.4 Å². The molecule has 0 aliphatic carbocycles. The second-order valence-corrected chi connectivity index (χ2v) is 3.50. The first kappa shape index (κ1) is 7.72. The van der Waals surface area contributed by atoms with Gasteiger partial charge in [0, 0.05) is 6.08 Å². The molecule has 1 unspecified atom stereocenters. The molecule has 1 aromatic heterocycles. The van der Waals surface area contributed by atoms with Crippen LogP contribution < -0.4 is 5.32 Å². The highest BCUT2D eigenvalue weighted by atomic mass is 16.6. The van der Waals surface area contributed by atoms with Crippen LogP contribution in [-0.4, -0.2) is 27.2 Å². The van der Waals surface area contributed by atoms with Crippen LogP contribution in [-0.2, 0) is 11.3 Å². The zero-order valence-corrected chi connectivity index (χ0v) is 7.28. The summed E-state index contributed by atoms with van der Waals surface area (Å²) in [5.74, 6) is -0.278. The lowest BCUT2D eigenvalue weighted by atomic mass is 10.2. The number of imidazole rings is 1. The van der Waals surface area contributed by atoms with E-state index in [9.17, 15) is 10.0 Å². The summed E-state index contributed by atoms with van der Waals surface area (Å²) in [6, 6.07) is 0. The molecule has 3 heterocycles. The highest BCUT2D eigenvalue weighted by molar-refractivity contribution is 5.97. The Bertz CT molecular complexity index is 450. The van der Waals surface area contributed by atoms with Crippen molar-refractivity contribution in [3.8, 4) is 0 Å². The molecule has 6 nitrogen and oxygen atoms in total. The van der Waals surface area contributed by atoms with Gasteiger partial charge in [-0.25, -0.2) is 4.98 Å². The fourth-order valence-electron chi connectivity index (χ4n) is 1.85. The van der Waals surface area contributed by atoms with Gasteiger partial charge in [-0.2, -0.15) is 0 Å². The number of carbonyl (C=O) groups excluding carboxylic acids is 1. The highest BCUT2D eigenvalue weighted by Gasteiger charge is 2.40. The first-order chi connectivity index (χ1) is 6.69. The summed E-state index contributed by atoms with van der Waals surface area (Å²) in [6.45, 7) is 0.334. The maximum absolute atomic E-state index is 12.1. The summed E-state index contributed by atoms with van der Waals surface area (Å²) in [6.07, 6.45) is 3.12. The average Bonchev–Trinajstić information content (AvgIpc) is 2.69. The van der Waals surface area contributed by atoms with Gasteiger partial charge in [0.1, 0.15) is 12.2 Å². The third kappa shape index (κ3) is 0.811. The molecule has 0 aromatic carbocycles. The molecule has 2 N–H and O–H groups in total. The van der Waals surface area contributed by atoms with E-state index >= 15 is 0 Å².